The van der Waals surface area contributed by atoms with Crippen molar-refractivity contribution < 1.29 is 9.26 Å². The zero-order valence-corrected chi connectivity index (χ0v) is 8.82. The van der Waals surface area contributed by atoms with E-state index < -0.39 is 0 Å². The van der Waals surface area contributed by atoms with Crippen LogP contribution in [-0.2, 0) is 11.2 Å². The molecule has 1 N–H and O–H groups in total. The Labute approximate surface area is 89.2 Å². The van der Waals surface area contributed by atoms with E-state index in [2.05, 4.69) is 20.0 Å². The van der Waals surface area contributed by atoms with Crippen LogP contribution in [0.5, 0.6) is 0 Å². The lowest BCUT2D eigenvalue weighted by molar-refractivity contribution is 0.0171. The molecule has 1 aliphatic heterocycles. The summed E-state index contributed by atoms with van der Waals surface area (Å²) in [4.78, 5) is 3.95. The SMILES string of the molecule is c1nc(CCNCC2CCCCO2)no1. The van der Waals surface area contributed by atoms with Gasteiger partial charge >= 0.3 is 0 Å². The smallest absolute Gasteiger partial charge is 0.213 e. The molecule has 0 bridgehead atoms. The Balaban J connectivity index is 1.54. The number of nitrogens with one attached hydrogen (secondary N) is 1. The topological polar surface area (TPSA) is 60.2 Å². The monoisotopic (exact) mass is 211 g/mol. The fourth-order valence-corrected chi connectivity index (χ4v) is 1.73. The fraction of sp³-hybridized carbons (Fsp3) is 0.800. The van der Waals surface area contributed by atoms with Crippen molar-refractivity contribution in [3.63, 3.8) is 0 Å². The Morgan fingerprint density at radius 2 is 2.47 bits per heavy atom. The molecule has 1 saturated heterocycles. The molecule has 1 unspecified atom stereocenters. The highest BCUT2D eigenvalue weighted by atomic mass is 16.5. The van der Waals surface area contributed by atoms with E-state index in [0.29, 0.717) is 6.10 Å². The number of rotatable bonds is 5. The molecule has 84 valence electrons. The molecular formula is C10H17N3O2. The first-order valence-corrected chi connectivity index (χ1v) is 5.53. The van der Waals surface area contributed by atoms with Crippen LogP contribution in [0, 0.1) is 0 Å². The minimum absolute atomic E-state index is 0.393. The third-order valence-electron chi connectivity index (χ3n) is 2.58. The molecule has 2 rings (SSSR count). The van der Waals surface area contributed by atoms with Crippen LogP contribution >= 0.6 is 0 Å². The molecule has 0 aromatic carbocycles. The predicted octanol–water partition coefficient (Wildman–Crippen LogP) is 0.771. The van der Waals surface area contributed by atoms with Crippen LogP contribution in [0.2, 0.25) is 0 Å². The van der Waals surface area contributed by atoms with E-state index in [0.717, 1.165) is 31.9 Å². The van der Waals surface area contributed by atoms with Gasteiger partial charge in [0.05, 0.1) is 6.10 Å². The van der Waals surface area contributed by atoms with Gasteiger partial charge in [-0.15, -0.1) is 0 Å². The third-order valence-corrected chi connectivity index (χ3v) is 2.58. The number of hydrogen-bond donors (Lipinski definition) is 1. The van der Waals surface area contributed by atoms with Crippen molar-refractivity contribution in [1.82, 2.24) is 15.5 Å². The van der Waals surface area contributed by atoms with Gasteiger partial charge in [0.1, 0.15) is 0 Å². The highest BCUT2D eigenvalue weighted by Crippen LogP contribution is 2.11. The molecule has 5 nitrogen and oxygen atoms in total. The van der Waals surface area contributed by atoms with E-state index in [1.165, 1.54) is 25.7 Å². The van der Waals surface area contributed by atoms with Crippen LogP contribution in [0.1, 0.15) is 25.1 Å². The summed E-state index contributed by atoms with van der Waals surface area (Å²) in [6, 6.07) is 0. The lowest BCUT2D eigenvalue weighted by Gasteiger charge is -2.22. The van der Waals surface area contributed by atoms with Gasteiger partial charge in [0, 0.05) is 26.1 Å². The zero-order valence-electron chi connectivity index (χ0n) is 8.82. The summed E-state index contributed by atoms with van der Waals surface area (Å²) < 4.78 is 10.3. The van der Waals surface area contributed by atoms with E-state index in [9.17, 15) is 0 Å². The van der Waals surface area contributed by atoms with Crippen molar-refractivity contribution in [2.24, 2.45) is 0 Å². The van der Waals surface area contributed by atoms with Crippen LogP contribution in [-0.4, -0.2) is 35.9 Å². The Morgan fingerprint density at radius 1 is 1.47 bits per heavy atom. The molecule has 0 saturated carbocycles. The lowest BCUT2D eigenvalue weighted by atomic mass is 10.1. The average molecular weight is 211 g/mol. The van der Waals surface area contributed by atoms with Crippen molar-refractivity contribution >= 4 is 0 Å². The lowest BCUT2D eigenvalue weighted by Crippen LogP contribution is -2.32. The summed E-state index contributed by atoms with van der Waals surface area (Å²) in [6.07, 6.45) is 6.23. The maximum atomic E-state index is 5.60. The van der Waals surface area contributed by atoms with Gasteiger partial charge < -0.3 is 14.6 Å². The molecule has 1 aliphatic rings. The molecule has 1 aromatic rings. The van der Waals surface area contributed by atoms with Crippen LogP contribution in [0.4, 0.5) is 0 Å². The van der Waals surface area contributed by atoms with E-state index in [1.807, 2.05) is 0 Å². The first kappa shape index (κ1) is 10.6. The molecule has 0 spiro atoms. The first-order valence-electron chi connectivity index (χ1n) is 5.53. The van der Waals surface area contributed by atoms with Crippen LogP contribution in [0.25, 0.3) is 0 Å². The molecule has 2 heterocycles. The highest BCUT2D eigenvalue weighted by Gasteiger charge is 2.12. The second-order valence-electron chi connectivity index (χ2n) is 3.79. The Bertz CT molecular complexity index is 258. The molecular weight excluding hydrogens is 194 g/mol. The molecule has 1 aromatic heterocycles. The van der Waals surface area contributed by atoms with Crippen LogP contribution in [0.3, 0.4) is 0 Å². The maximum absolute atomic E-state index is 5.60. The number of ether oxygens (including phenoxy) is 1. The number of hydrogen-bond acceptors (Lipinski definition) is 5. The standard InChI is InChI=1S/C10H17N3O2/c1-2-6-14-9(3-1)7-11-5-4-10-12-8-15-13-10/h8-9,11H,1-7H2. The second-order valence-corrected chi connectivity index (χ2v) is 3.79. The molecule has 0 radical (unpaired) electrons. The van der Waals surface area contributed by atoms with Gasteiger partial charge in [0.25, 0.3) is 0 Å². The van der Waals surface area contributed by atoms with Gasteiger partial charge in [-0.1, -0.05) is 5.16 Å². The number of aromatic nitrogens is 2. The largest absolute Gasteiger partial charge is 0.377 e. The maximum Gasteiger partial charge on any atom is 0.213 e. The van der Waals surface area contributed by atoms with Crippen LogP contribution in [0.15, 0.2) is 10.9 Å². The summed E-state index contributed by atoms with van der Waals surface area (Å²) in [5.74, 6) is 0.757. The minimum Gasteiger partial charge on any atom is -0.377 e. The van der Waals surface area contributed by atoms with Crippen LogP contribution < -0.4 is 5.32 Å². The fourth-order valence-electron chi connectivity index (χ4n) is 1.73. The Morgan fingerprint density at radius 3 is 3.20 bits per heavy atom. The Kier molecular flexibility index (Phi) is 4.11. The summed E-state index contributed by atoms with van der Waals surface area (Å²) in [6.45, 7) is 2.72. The normalized spacial score (nSPS) is 21.7. The van der Waals surface area contributed by atoms with Gasteiger partial charge in [-0.25, -0.2) is 0 Å². The molecule has 15 heavy (non-hydrogen) atoms. The van der Waals surface area contributed by atoms with E-state index >= 15 is 0 Å². The number of nitrogens with zero attached hydrogens (tertiary/aromatic N) is 2. The Hall–Kier alpha value is -0.940. The quantitative estimate of drug-likeness (QED) is 0.729. The van der Waals surface area contributed by atoms with E-state index in [1.54, 1.807) is 0 Å². The van der Waals surface area contributed by atoms with Crippen molar-refractivity contribution in [1.29, 1.82) is 0 Å². The molecule has 1 fully saturated rings. The van der Waals surface area contributed by atoms with Gasteiger partial charge in [-0.2, -0.15) is 4.98 Å². The van der Waals surface area contributed by atoms with Gasteiger partial charge in [0.2, 0.25) is 6.39 Å². The third kappa shape index (κ3) is 3.60. The van der Waals surface area contributed by atoms with Crippen molar-refractivity contribution in [2.75, 3.05) is 19.7 Å². The van der Waals surface area contributed by atoms with Crippen molar-refractivity contribution in [3.05, 3.63) is 12.2 Å². The van der Waals surface area contributed by atoms with Gasteiger partial charge in [-0.3, -0.25) is 0 Å². The minimum atomic E-state index is 0.393. The summed E-state index contributed by atoms with van der Waals surface area (Å²) >= 11 is 0. The summed E-state index contributed by atoms with van der Waals surface area (Å²) in [5, 5.41) is 7.09. The van der Waals surface area contributed by atoms with Crippen molar-refractivity contribution in [2.45, 2.75) is 31.8 Å². The molecule has 5 heteroatoms. The average Bonchev–Trinajstić information content (AvgIpc) is 2.79. The van der Waals surface area contributed by atoms with Gasteiger partial charge in [0.15, 0.2) is 5.82 Å². The second kappa shape index (κ2) is 5.82. The summed E-state index contributed by atoms with van der Waals surface area (Å²) in [7, 11) is 0. The van der Waals surface area contributed by atoms with E-state index in [4.69, 9.17) is 4.74 Å². The summed E-state index contributed by atoms with van der Waals surface area (Å²) in [5.41, 5.74) is 0. The predicted molar refractivity (Wildman–Crippen MR) is 54.5 cm³/mol. The van der Waals surface area contributed by atoms with Crippen molar-refractivity contribution in [3.8, 4) is 0 Å². The first-order chi connectivity index (χ1) is 7.45. The van der Waals surface area contributed by atoms with Gasteiger partial charge in [-0.05, 0) is 19.3 Å². The zero-order chi connectivity index (χ0) is 10.3. The molecule has 1 atom stereocenters. The highest BCUT2D eigenvalue weighted by molar-refractivity contribution is 4.79. The van der Waals surface area contributed by atoms with E-state index in [-0.39, 0.29) is 0 Å². The molecule has 0 amide bonds. The molecule has 0 aliphatic carbocycles.